The summed E-state index contributed by atoms with van der Waals surface area (Å²) in [7, 11) is 0. The molecular weight excluding hydrogens is 228 g/mol. The van der Waals surface area contributed by atoms with Crippen LogP contribution < -0.4 is 5.73 Å². The van der Waals surface area contributed by atoms with Gasteiger partial charge in [0.1, 0.15) is 6.23 Å². The average molecular weight is 252 g/mol. The number of hydrogen-bond acceptors (Lipinski definition) is 3. The van der Waals surface area contributed by atoms with Crippen LogP contribution in [-0.4, -0.2) is 35.2 Å². The normalized spacial score (nSPS) is 25.8. The third-order valence-electron chi connectivity index (χ3n) is 4.30. The molecule has 18 heavy (non-hydrogen) atoms. The summed E-state index contributed by atoms with van der Waals surface area (Å²) in [4.78, 5) is 13.2. The molecule has 1 aliphatic heterocycles. The highest BCUT2D eigenvalue weighted by molar-refractivity contribution is 5.76. The van der Waals surface area contributed by atoms with Gasteiger partial charge in [0.25, 0.3) is 0 Å². The Balaban J connectivity index is 1.83. The van der Waals surface area contributed by atoms with E-state index in [4.69, 9.17) is 5.73 Å². The van der Waals surface area contributed by atoms with Gasteiger partial charge in [-0.05, 0) is 44.4 Å². The van der Waals surface area contributed by atoms with Crippen LogP contribution >= 0.6 is 0 Å². The van der Waals surface area contributed by atoms with Crippen LogP contribution in [0.4, 0.5) is 0 Å². The number of rotatable bonds is 3. The third kappa shape index (κ3) is 3.33. The second kappa shape index (κ2) is 6.34. The monoisotopic (exact) mass is 252 g/mol. The fraction of sp³-hybridized carbons (Fsp3) is 0.786. The van der Waals surface area contributed by atoms with Crippen LogP contribution in [0.1, 0.15) is 38.5 Å². The summed E-state index contributed by atoms with van der Waals surface area (Å²) < 4.78 is 0. The summed E-state index contributed by atoms with van der Waals surface area (Å²) in [5.41, 5.74) is 5.32. The van der Waals surface area contributed by atoms with E-state index >= 15 is 0 Å². The highest BCUT2D eigenvalue weighted by atomic mass is 16.3. The maximum Gasteiger partial charge on any atom is 0.220 e. The first-order valence-electron chi connectivity index (χ1n) is 7.05. The fourth-order valence-electron chi connectivity index (χ4n) is 3.05. The van der Waals surface area contributed by atoms with Crippen molar-refractivity contribution in [3.8, 4) is 0 Å². The number of piperidine rings is 1. The van der Waals surface area contributed by atoms with Gasteiger partial charge in [0.15, 0.2) is 0 Å². The molecule has 0 bridgehead atoms. The van der Waals surface area contributed by atoms with Crippen molar-refractivity contribution < 1.29 is 9.90 Å². The first-order chi connectivity index (χ1) is 8.68. The minimum Gasteiger partial charge on any atom is -0.378 e. The van der Waals surface area contributed by atoms with Crippen molar-refractivity contribution in [2.75, 3.05) is 13.1 Å². The molecule has 0 aromatic heterocycles. The lowest BCUT2D eigenvalue weighted by molar-refractivity contribution is -0.125. The van der Waals surface area contributed by atoms with Crippen LogP contribution in [0.3, 0.4) is 0 Å². The Bertz CT molecular complexity index is 299. The Morgan fingerprint density at radius 1 is 1.17 bits per heavy atom. The van der Waals surface area contributed by atoms with Crippen molar-refractivity contribution in [2.45, 2.75) is 44.8 Å². The predicted octanol–water partition coefficient (Wildman–Crippen LogP) is 1.25. The van der Waals surface area contributed by atoms with Gasteiger partial charge in [-0.1, -0.05) is 12.2 Å². The molecule has 1 aliphatic carbocycles. The molecule has 1 amide bonds. The lowest BCUT2D eigenvalue weighted by atomic mass is 9.92. The van der Waals surface area contributed by atoms with E-state index in [1.165, 1.54) is 0 Å². The Kier molecular flexibility index (Phi) is 4.78. The van der Waals surface area contributed by atoms with Gasteiger partial charge in [0.05, 0.1) is 0 Å². The quantitative estimate of drug-likeness (QED) is 0.743. The second-order valence-corrected chi connectivity index (χ2v) is 5.51. The van der Waals surface area contributed by atoms with E-state index in [0.717, 1.165) is 51.6 Å². The van der Waals surface area contributed by atoms with Crippen molar-refractivity contribution in [2.24, 2.45) is 17.6 Å². The van der Waals surface area contributed by atoms with Gasteiger partial charge in [-0.2, -0.15) is 0 Å². The van der Waals surface area contributed by atoms with Gasteiger partial charge in [0, 0.05) is 19.0 Å². The minimum atomic E-state index is -0.348. The van der Waals surface area contributed by atoms with Crippen molar-refractivity contribution >= 4 is 5.91 Å². The number of likely N-dealkylation sites (tertiary alicyclic amines) is 1. The van der Waals surface area contributed by atoms with Crippen LogP contribution in [0.15, 0.2) is 12.2 Å². The molecule has 1 atom stereocenters. The van der Waals surface area contributed by atoms with Crippen LogP contribution in [0.2, 0.25) is 0 Å². The Hall–Kier alpha value is -0.870. The molecule has 4 nitrogen and oxygen atoms in total. The largest absolute Gasteiger partial charge is 0.378 e. The van der Waals surface area contributed by atoms with Crippen LogP contribution in [-0.2, 0) is 4.79 Å². The predicted molar refractivity (Wildman–Crippen MR) is 70.6 cm³/mol. The van der Waals surface area contributed by atoms with E-state index in [0.29, 0.717) is 5.92 Å². The molecule has 1 saturated heterocycles. The smallest absolute Gasteiger partial charge is 0.220 e. The Morgan fingerprint density at radius 3 is 2.22 bits per heavy atom. The standard InChI is InChI=1S/C14H24N2O2/c15-13(17)11-7-9-16(10-8-11)14(18)12-5-3-1-2-4-6-12/h1-2,11-12,14,18H,3-10H2,(H2,15,17). The van der Waals surface area contributed by atoms with Crippen molar-refractivity contribution in [1.82, 2.24) is 4.90 Å². The van der Waals surface area contributed by atoms with Crippen LogP contribution in [0.25, 0.3) is 0 Å². The van der Waals surface area contributed by atoms with Gasteiger partial charge in [0.2, 0.25) is 5.91 Å². The molecule has 0 spiro atoms. The third-order valence-corrected chi connectivity index (χ3v) is 4.30. The Morgan fingerprint density at radius 2 is 1.72 bits per heavy atom. The van der Waals surface area contributed by atoms with E-state index in [2.05, 4.69) is 17.1 Å². The number of hydrogen-bond donors (Lipinski definition) is 2. The summed E-state index contributed by atoms with van der Waals surface area (Å²) in [6, 6.07) is 0. The molecule has 2 aliphatic rings. The molecule has 1 unspecified atom stereocenters. The Labute approximate surface area is 109 Å². The fourth-order valence-corrected chi connectivity index (χ4v) is 3.05. The number of aliphatic hydroxyl groups excluding tert-OH is 1. The first-order valence-corrected chi connectivity index (χ1v) is 7.05. The number of carbonyl (C=O) groups excluding carboxylic acids is 1. The number of nitrogens with zero attached hydrogens (tertiary/aromatic N) is 1. The molecule has 0 aromatic carbocycles. The lowest BCUT2D eigenvalue weighted by Gasteiger charge is -2.37. The van der Waals surface area contributed by atoms with E-state index in [-0.39, 0.29) is 18.1 Å². The van der Waals surface area contributed by atoms with E-state index < -0.39 is 0 Å². The molecular formula is C14H24N2O2. The summed E-state index contributed by atoms with van der Waals surface area (Å²) in [5.74, 6) is 0.178. The van der Waals surface area contributed by atoms with Crippen LogP contribution in [0.5, 0.6) is 0 Å². The maximum atomic E-state index is 11.1. The molecule has 4 heteroatoms. The highest BCUT2D eigenvalue weighted by Gasteiger charge is 2.30. The van der Waals surface area contributed by atoms with Crippen molar-refractivity contribution in [3.63, 3.8) is 0 Å². The summed E-state index contributed by atoms with van der Waals surface area (Å²) >= 11 is 0. The van der Waals surface area contributed by atoms with E-state index in [1.807, 2.05) is 0 Å². The van der Waals surface area contributed by atoms with Gasteiger partial charge in [-0.3, -0.25) is 9.69 Å². The molecule has 102 valence electrons. The van der Waals surface area contributed by atoms with Gasteiger partial charge in [-0.15, -0.1) is 0 Å². The lowest BCUT2D eigenvalue weighted by Crippen LogP contribution is -2.46. The molecule has 1 heterocycles. The molecule has 3 N–H and O–H groups in total. The van der Waals surface area contributed by atoms with E-state index in [1.54, 1.807) is 0 Å². The topological polar surface area (TPSA) is 66.6 Å². The zero-order chi connectivity index (χ0) is 13.0. The molecule has 0 aromatic rings. The number of primary amides is 1. The van der Waals surface area contributed by atoms with Crippen molar-refractivity contribution in [3.05, 3.63) is 12.2 Å². The number of aliphatic hydroxyl groups is 1. The van der Waals surface area contributed by atoms with Gasteiger partial charge < -0.3 is 10.8 Å². The SMILES string of the molecule is NC(=O)C1CCN(C(O)C2CCC=CCC2)CC1. The zero-order valence-corrected chi connectivity index (χ0v) is 10.9. The van der Waals surface area contributed by atoms with Crippen LogP contribution in [0, 0.1) is 11.8 Å². The minimum absolute atomic E-state index is 0.00394. The molecule has 1 fully saturated rings. The van der Waals surface area contributed by atoms with Crippen molar-refractivity contribution in [1.29, 1.82) is 0 Å². The summed E-state index contributed by atoms with van der Waals surface area (Å²) in [6.45, 7) is 1.58. The number of nitrogens with two attached hydrogens (primary N) is 1. The molecule has 0 saturated carbocycles. The second-order valence-electron chi connectivity index (χ2n) is 5.51. The number of allylic oxidation sites excluding steroid dienone is 2. The summed E-state index contributed by atoms with van der Waals surface area (Å²) in [5, 5.41) is 10.4. The van der Waals surface area contributed by atoms with E-state index in [9.17, 15) is 9.90 Å². The summed E-state index contributed by atoms with van der Waals surface area (Å²) in [6.07, 6.45) is 9.92. The van der Waals surface area contributed by atoms with Gasteiger partial charge >= 0.3 is 0 Å². The number of carbonyl (C=O) groups is 1. The molecule has 0 radical (unpaired) electrons. The first kappa shape index (κ1) is 13.6. The highest BCUT2D eigenvalue weighted by Crippen LogP contribution is 2.27. The van der Waals surface area contributed by atoms with Gasteiger partial charge in [-0.25, -0.2) is 0 Å². The number of amides is 1. The molecule has 2 rings (SSSR count). The maximum absolute atomic E-state index is 11.1. The zero-order valence-electron chi connectivity index (χ0n) is 10.9. The average Bonchev–Trinajstić information content (AvgIpc) is 2.67.